The molecule has 0 unspecified atom stereocenters. The molecule has 0 amide bonds. The van der Waals surface area contributed by atoms with E-state index in [0.717, 1.165) is 25.9 Å². The molecule has 0 spiro atoms. The van der Waals surface area contributed by atoms with Crippen molar-refractivity contribution in [2.24, 2.45) is 0 Å². The van der Waals surface area contributed by atoms with Gasteiger partial charge in [0.25, 0.3) is 0 Å². The van der Waals surface area contributed by atoms with Crippen molar-refractivity contribution < 1.29 is 9.13 Å². The minimum atomic E-state index is -0.368. The number of nitrogens with zero attached hydrogens (tertiary/aromatic N) is 1. The summed E-state index contributed by atoms with van der Waals surface area (Å²) in [5.74, 6) is -0.368. The molecule has 2 rings (SSSR count). The van der Waals surface area contributed by atoms with Crippen LogP contribution in [0.25, 0.3) is 0 Å². The number of hydrogen-bond donors (Lipinski definition) is 1. The van der Waals surface area contributed by atoms with Crippen LogP contribution >= 0.6 is 0 Å². The van der Waals surface area contributed by atoms with E-state index in [9.17, 15) is 4.39 Å². The standard InChI is InChI=1S/C13H15FN2O/c14-13-6-10(7-15)3-4-11(13)9-17-12-2-1-5-16-8-12/h3-4,6,12,16H,1-2,5,8-9H2/t12-/m0/s1. The molecule has 1 atom stereocenters. The lowest BCUT2D eigenvalue weighted by Gasteiger charge is -2.23. The zero-order valence-corrected chi connectivity index (χ0v) is 9.58. The molecule has 3 nitrogen and oxygen atoms in total. The van der Waals surface area contributed by atoms with Crippen molar-refractivity contribution in [2.75, 3.05) is 13.1 Å². The van der Waals surface area contributed by atoms with Gasteiger partial charge in [-0.05, 0) is 31.5 Å². The second kappa shape index (κ2) is 5.76. The van der Waals surface area contributed by atoms with E-state index in [-0.39, 0.29) is 18.5 Å². The number of rotatable bonds is 3. The van der Waals surface area contributed by atoms with E-state index in [1.54, 1.807) is 12.1 Å². The SMILES string of the molecule is N#Cc1ccc(CO[C@H]2CCCNC2)c(F)c1. The normalized spacial score (nSPS) is 19.9. The first-order valence-electron chi connectivity index (χ1n) is 5.80. The Morgan fingerprint density at radius 2 is 2.41 bits per heavy atom. The summed E-state index contributed by atoms with van der Waals surface area (Å²) in [5, 5.41) is 11.9. The van der Waals surface area contributed by atoms with Crippen LogP contribution in [0.2, 0.25) is 0 Å². The van der Waals surface area contributed by atoms with Crippen LogP contribution in [0, 0.1) is 17.1 Å². The van der Waals surface area contributed by atoms with Crippen LogP contribution in [0.1, 0.15) is 24.0 Å². The lowest BCUT2D eigenvalue weighted by atomic mass is 10.1. The van der Waals surface area contributed by atoms with Crippen LogP contribution in [0.5, 0.6) is 0 Å². The maximum atomic E-state index is 13.5. The predicted octanol–water partition coefficient (Wildman–Crippen LogP) is 1.97. The van der Waals surface area contributed by atoms with E-state index < -0.39 is 0 Å². The third-order valence-electron chi connectivity index (χ3n) is 2.91. The van der Waals surface area contributed by atoms with Crippen molar-refractivity contribution in [1.82, 2.24) is 5.32 Å². The maximum Gasteiger partial charge on any atom is 0.130 e. The molecular weight excluding hydrogens is 219 g/mol. The van der Waals surface area contributed by atoms with E-state index in [2.05, 4.69) is 5.32 Å². The Morgan fingerprint density at radius 1 is 1.53 bits per heavy atom. The average Bonchev–Trinajstić information content (AvgIpc) is 2.38. The number of nitriles is 1. The van der Waals surface area contributed by atoms with Crippen LogP contribution < -0.4 is 5.32 Å². The molecule has 4 heteroatoms. The Labute approximate surface area is 100 Å². The summed E-state index contributed by atoms with van der Waals surface area (Å²) in [6.45, 7) is 2.13. The molecule has 1 N–H and O–H groups in total. The van der Waals surface area contributed by atoms with Crippen LogP contribution in [0.4, 0.5) is 4.39 Å². The summed E-state index contributed by atoms with van der Waals surface area (Å²) in [4.78, 5) is 0. The van der Waals surface area contributed by atoms with Gasteiger partial charge in [0.05, 0.1) is 24.3 Å². The van der Waals surface area contributed by atoms with Gasteiger partial charge in [0, 0.05) is 12.1 Å². The third-order valence-corrected chi connectivity index (χ3v) is 2.91. The van der Waals surface area contributed by atoms with Crippen molar-refractivity contribution in [1.29, 1.82) is 5.26 Å². The zero-order valence-electron chi connectivity index (χ0n) is 9.58. The second-order valence-corrected chi connectivity index (χ2v) is 4.20. The summed E-state index contributed by atoms with van der Waals surface area (Å²) >= 11 is 0. The monoisotopic (exact) mass is 234 g/mol. The molecule has 90 valence electrons. The van der Waals surface area contributed by atoms with Crippen molar-refractivity contribution in [3.05, 3.63) is 35.1 Å². The third kappa shape index (κ3) is 3.26. The molecule has 0 bridgehead atoms. The zero-order chi connectivity index (χ0) is 12.1. The fourth-order valence-corrected chi connectivity index (χ4v) is 1.90. The number of hydrogen-bond acceptors (Lipinski definition) is 3. The first-order valence-corrected chi connectivity index (χ1v) is 5.80. The van der Waals surface area contributed by atoms with Gasteiger partial charge in [-0.15, -0.1) is 0 Å². The highest BCUT2D eigenvalue weighted by molar-refractivity contribution is 5.32. The van der Waals surface area contributed by atoms with Gasteiger partial charge in [-0.3, -0.25) is 0 Å². The summed E-state index contributed by atoms with van der Waals surface area (Å²) in [7, 11) is 0. The van der Waals surface area contributed by atoms with Crippen molar-refractivity contribution in [2.45, 2.75) is 25.6 Å². The molecule has 1 aromatic carbocycles. The summed E-state index contributed by atoms with van der Waals surface area (Å²) in [6.07, 6.45) is 2.28. The lowest BCUT2D eigenvalue weighted by molar-refractivity contribution is 0.0239. The molecule has 0 aromatic heterocycles. The van der Waals surface area contributed by atoms with Gasteiger partial charge in [-0.25, -0.2) is 4.39 Å². The second-order valence-electron chi connectivity index (χ2n) is 4.20. The molecule has 0 aliphatic carbocycles. The average molecular weight is 234 g/mol. The molecule has 1 heterocycles. The minimum absolute atomic E-state index is 0.166. The predicted molar refractivity (Wildman–Crippen MR) is 61.8 cm³/mol. The topological polar surface area (TPSA) is 45.0 Å². The number of benzene rings is 1. The summed E-state index contributed by atoms with van der Waals surface area (Å²) in [5.41, 5.74) is 0.847. The molecule has 1 aromatic rings. The lowest BCUT2D eigenvalue weighted by Crippen LogP contribution is -2.35. The van der Waals surface area contributed by atoms with Crippen LogP contribution in [-0.4, -0.2) is 19.2 Å². The molecule has 1 aliphatic heterocycles. The molecule has 0 saturated carbocycles. The Kier molecular flexibility index (Phi) is 4.08. The van der Waals surface area contributed by atoms with Crippen molar-refractivity contribution in [3.63, 3.8) is 0 Å². The number of nitrogens with one attached hydrogen (secondary N) is 1. The van der Waals surface area contributed by atoms with Gasteiger partial charge in [-0.1, -0.05) is 6.07 Å². The largest absolute Gasteiger partial charge is 0.372 e. The smallest absolute Gasteiger partial charge is 0.130 e. The van der Waals surface area contributed by atoms with Gasteiger partial charge < -0.3 is 10.1 Å². The molecule has 1 aliphatic rings. The van der Waals surface area contributed by atoms with E-state index in [0.29, 0.717) is 11.1 Å². The fraction of sp³-hybridized carbons (Fsp3) is 0.462. The number of ether oxygens (including phenoxy) is 1. The van der Waals surface area contributed by atoms with Crippen molar-refractivity contribution >= 4 is 0 Å². The van der Waals surface area contributed by atoms with E-state index in [4.69, 9.17) is 10.00 Å². The van der Waals surface area contributed by atoms with Gasteiger partial charge >= 0.3 is 0 Å². The highest BCUT2D eigenvalue weighted by Crippen LogP contribution is 2.14. The Bertz CT molecular complexity index is 422. The van der Waals surface area contributed by atoms with Crippen LogP contribution in [0.3, 0.4) is 0 Å². The molecule has 17 heavy (non-hydrogen) atoms. The Balaban J connectivity index is 1.92. The maximum absolute atomic E-state index is 13.5. The molecule has 1 fully saturated rings. The first-order chi connectivity index (χ1) is 8.29. The minimum Gasteiger partial charge on any atom is -0.372 e. The van der Waals surface area contributed by atoms with E-state index in [1.807, 2.05) is 6.07 Å². The Morgan fingerprint density at radius 3 is 3.06 bits per heavy atom. The van der Waals surface area contributed by atoms with Crippen LogP contribution in [-0.2, 0) is 11.3 Å². The van der Waals surface area contributed by atoms with E-state index in [1.165, 1.54) is 6.07 Å². The molecular formula is C13H15FN2O. The number of halogens is 1. The fourth-order valence-electron chi connectivity index (χ4n) is 1.90. The number of piperidine rings is 1. The highest BCUT2D eigenvalue weighted by atomic mass is 19.1. The summed E-state index contributed by atoms with van der Waals surface area (Å²) in [6, 6.07) is 6.38. The van der Waals surface area contributed by atoms with Gasteiger partial charge in [0.1, 0.15) is 5.82 Å². The quantitative estimate of drug-likeness (QED) is 0.869. The van der Waals surface area contributed by atoms with Crippen LogP contribution in [0.15, 0.2) is 18.2 Å². The van der Waals surface area contributed by atoms with E-state index >= 15 is 0 Å². The van der Waals surface area contributed by atoms with Gasteiger partial charge in [0.2, 0.25) is 0 Å². The summed E-state index contributed by atoms with van der Waals surface area (Å²) < 4.78 is 19.2. The van der Waals surface area contributed by atoms with Crippen molar-refractivity contribution in [3.8, 4) is 6.07 Å². The first kappa shape index (κ1) is 12.0. The highest BCUT2D eigenvalue weighted by Gasteiger charge is 2.14. The van der Waals surface area contributed by atoms with Gasteiger partial charge in [-0.2, -0.15) is 5.26 Å². The molecule has 1 saturated heterocycles. The molecule has 0 radical (unpaired) electrons. The van der Waals surface area contributed by atoms with Gasteiger partial charge in [0.15, 0.2) is 0 Å². The Hall–Kier alpha value is -1.44.